The van der Waals surface area contributed by atoms with Crippen LogP contribution in [0.3, 0.4) is 0 Å². The molecule has 0 spiro atoms. The number of nitrogens with zero attached hydrogens (tertiary/aromatic N) is 3. The van der Waals surface area contributed by atoms with Gasteiger partial charge in [-0.05, 0) is 25.0 Å². The van der Waals surface area contributed by atoms with Gasteiger partial charge in [-0.1, -0.05) is 6.07 Å². The molecule has 1 atom stereocenters. The minimum atomic E-state index is 0. The number of hydrogen-bond acceptors (Lipinski definition) is 5. The molecule has 0 bridgehead atoms. The van der Waals surface area contributed by atoms with Gasteiger partial charge >= 0.3 is 0 Å². The van der Waals surface area contributed by atoms with Gasteiger partial charge in [-0.3, -0.25) is 9.78 Å². The molecule has 8 heteroatoms. The molecule has 3 rings (SSSR count). The van der Waals surface area contributed by atoms with Crippen molar-refractivity contribution in [1.29, 1.82) is 0 Å². The summed E-state index contributed by atoms with van der Waals surface area (Å²) in [6, 6.07) is 5.94. The summed E-state index contributed by atoms with van der Waals surface area (Å²) in [5.74, 6) is 0.126. The van der Waals surface area contributed by atoms with Crippen LogP contribution in [-0.4, -0.2) is 39.9 Å². The van der Waals surface area contributed by atoms with Gasteiger partial charge < -0.3 is 10.6 Å². The third kappa shape index (κ3) is 4.64. The fraction of sp³-hybridized carbons (Fsp3) is 0.400. The Labute approximate surface area is 152 Å². The Morgan fingerprint density at radius 2 is 2.22 bits per heavy atom. The Bertz CT molecular complexity index is 623. The molecule has 3 heterocycles. The molecule has 1 aliphatic rings. The van der Waals surface area contributed by atoms with Crippen LogP contribution in [0.25, 0.3) is 10.7 Å². The van der Waals surface area contributed by atoms with Crippen molar-refractivity contribution in [1.82, 2.24) is 14.9 Å². The van der Waals surface area contributed by atoms with E-state index in [0.29, 0.717) is 13.0 Å². The molecular weight excluding hydrogens is 355 g/mol. The van der Waals surface area contributed by atoms with Gasteiger partial charge in [0.1, 0.15) is 5.01 Å². The molecule has 126 valence electrons. The highest BCUT2D eigenvalue weighted by Crippen LogP contribution is 2.23. The van der Waals surface area contributed by atoms with Crippen LogP contribution in [0.2, 0.25) is 0 Å². The SMILES string of the molecule is Cl.Cl.NCC1CCCN1C(=O)Cc1csc(-c2ccccn2)n1. The van der Waals surface area contributed by atoms with E-state index in [1.807, 2.05) is 28.5 Å². The number of aromatic nitrogens is 2. The molecule has 1 fully saturated rings. The van der Waals surface area contributed by atoms with E-state index in [9.17, 15) is 4.79 Å². The zero-order valence-corrected chi connectivity index (χ0v) is 15.0. The van der Waals surface area contributed by atoms with E-state index in [1.54, 1.807) is 6.20 Å². The second-order valence-electron chi connectivity index (χ2n) is 5.15. The van der Waals surface area contributed by atoms with Gasteiger partial charge in [-0.25, -0.2) is 4.98 Å². The van der Waals surface area contributed by atoms with E-state index in [0.717, 1.165) is 35.8 Å². The monoisotopic (exact) mass is 374 g/mol. The summed E-state index contributed by atoms with van der Waals surface area (Å²) in [6.45, 7) is 1.36. The highest BCUT2D eigenvalue weighted by molar-refractivity contribution is 7.13. The number of rotatable bonds is 4. The number of nitrogens with two attached hydrogens (primary N) is 1. The van der Waals surface area contributed by atoms with Crippen molar-refractivity contribution in [2.24, 2.45) is 5.73 Å². The molecule has 23 heavy (non-hydrogen) atoms. The molecule has 2 N–H and O–H groups in total. The lowest BCUT2D eigenvalue weighted by atomic mass is 10.2. The van der Waals surface area contributed by atoms with Gasteiger partial charge in [0.25, 0.3) is 0 Å². The van der Waals surface area contributed by atoms with E-state index in [2.05, 4.69) is 9.97 Å². The molecule has 0 saturated carbocycles. The van der Waals surface area contributed by atoms with Crippen molar-refractivity contribution in [2.45, 2.75) is 25.3 Å². The van der Waals surface area contributed by atoms with E-state index >= 15 is 0 Å². The van der Waals surface area contributed by atoms with Crippen LogP contribution in [0, 0.1) is 0 Å². The number of halogens is 2. The Morgan fingerprint density at radius 1 is 1.39 bits per heavy atom. The van der Waals surface area contributed by atoms with E-state index < -0.39 is 0 Å². The fourth-order valence-corrected chi connectivity index (χ4v) is 3.46. The first-order valence-corrected chi connectivity index (χ1v) is 8.01. The third-order valence-corrected chi connectivity index (χ3v) is 4.65. The largest absolute Gasteiger partial charge is 0.338 e. The van der Waals surface area contributed by atoms with Crippen molar-refractivity contribution in [2.75, 3.05) is 13.1 Å². The minimum absolute atomic E-state index is 0. The number of carbonyl (C=O) groups is 1. The lowest BCUT2D eigenvalue weighted by Gasteiger charge is -2.23. The Kier molecular flexibility index (Phi) is 7.91. The standard InChI is InChI=1S/C15H18N4OS.2ClH/c16-9-12-4-3-7-19(12)14(20)8-11-10-21-15(18-11)13-5-1-2-6-17-13;;/h1-2,5-6,10,12H,3-4,7-9,16H2;2*1H. The fourth-order valence-electron chi connectivity index (χ4n) is 2.66. The predicted molar refractivity (Wildman–Crippen MR) is 97.3 cm³/mol. The summed E-state index contributed by atoms with van der Waals surface area (Å²) in [5, 5.41) is 2.80. The molecule has 2 aromatic heterocycles. The van der Waals surface area contributed by atoms with Gasteiger partial charge in [0, 0.05) is 30.7 Å². The van der Waals surface area contributed by atoms with E-state index in [1.165, 1.54) is 11.3 Å². The molecular formula is C15H20Cl2N4OS. The first-order valence-electron chi connectivity index (χ1n) is 7.13. The molecule has 5 nitrogen and oxygen atoms in total. The second kappa shape index (κ2) is 9.17. The molecule has 0 aromatic carbocycles. The molecule has 0 radical (unpaired) electrons. The number of thiazole rings is 1. The van der Waals surface area contributed by atoms with E-state index in [-0.39, 0.29) is 36.8 Å². The Morgan fingerprint density at radius 3 is 2.91 bits per heavy atom. The molecule has 1 unspecified atom stereocenters. The zero-order valence-electron chi connectivity index (χ0n) is 12.6. The summed E-state index contributed by atoms with van der Waals surface area (Å²) in [4.78, 5) is 23.1. The van der Waals surface area contributed by atoms with Crippen LogP contribution >= 0.6 is 36.2 Å². The van der Waals surface area contributed by atoms with Crippen molar-refractivity contribution >= 4 is 42.1 Å². The van der Waals surface area contributed by atoms with Crippen LogP contribution in [0.15, 0.2) is 29.8 Å². The first kappa shape index (κ1) is 19.8. The average Bonchev–Trinajstić information content (AvgIpc) is 3.16. The molecule has 2 aromatic rings. The lowest BCUT2D eigenvalue weighted by molar-refractivity contribution is -0.131. The summed E-state index contributed by atoms with van der Waals surface area (Å²) < 4.78 is 0. The van der Waals surface area contributed by atoms with Crippen molar-refractivity contribution in [3.05, 3.63) is 35.5 Å². The summed E-state index contributed by atoms with van der Waals surface area (Å²) in [7, 11) is 0. The smallest absolute Gasteiger partial charge is 0.228 e. The maximum absolute atomic E-state index is 12.3. The third-order valence-electron chi connectivity index (χ3n) is 3.74. The van der Waals surface area contributed by atoms with Gasteiger partial charge in [0.2, 0.25) is 5.91 Å². The van der Waals surface area contributed by atoms with Crippen molar-refractivity contribution in [3.63, 3.8) is 0 Å². The molecule has 1 saturated heterocycles. The van der Waals surface area contributed by atoms with Crippen LogP contribution in [0.1, 0.15) is 18.5 Å². The Balaban J connectivity index is 0.00000132. The highest BCUT2D eigenvalue weighted by atomic mass is 35.5. The van der Waals surface area contributed by atoms with Crippen LogP contribution < -0.4 is 5.73 Å². The summed E-state index contributed by atoms with van der Waals surface area (Å²) in [6.07, 6.45) is 4.15. The van der Waals surface area contributed by atoms with Gasteiger partial charge in [0.15, 0.2) is 0 Å². The van der Waals surface area contributed by atoms with Gasteiger partial charge in [-0.15, -0.1) is 36.2 Å². The average molecular weight is 375 g/mol. The lowest BCUT2D eigenvalue weighted by Crippen LogP contribution is -2.40. The number of hydrogen-bond donors (Lipinski definition) is 1. The van der Waals surface area contributed by atoms with Crippen molar-refractivity contribution in [3.8, 4) is 10.7 Å². The van der Waals surface area contributed by atoms with Crippen LogP contribution in [0.5, 0.6) is 0 Å². The zero-order chi connectivity index (χ0) is 14.7. The number of pyridine rings is 1. The van der Waals surface area contributed by atoms with Crippen molar-refractivity contribution < 1.29 is 4.79 Å². The number of likely N-dealkylation sites (tertiary alicyclic amines) is 1. The minimum Gasteiger partial charge on any atom is -0.338 e. The topological polar surface area (TPSA) is 72.1 Å². The van der Waals surface area contributed by atoms with Crippen LogP contribution in [0.4, 0.5) is 0 Å². The maximum atomic E-state index is 12.3. The molecule has 1 aliphatic heterocycles. The molecule has 0 aliphatic carbocycles. The first-order chi connectivity index (χ1) is 10.3. The van der Waals surface area contributed by atoms with E-state index in [4.69, 9.17) is 5.73 Å². The summed E-state index contributed by atoms with van der Waals surface area (Å²) in [5.41, 5.74) is 7.38. The van der Waals surface area contributed by atoms with Gasteiger partial charge in [-0.2, -0.15) is 0 Å². The Hall–Kier alpha value is -1.21. The number of amides is 1. The van der Waals surface area contributed by atoms with Crippen LogP contribution in [-0.2, 0) is 11.2 Å². The number of carbonyl (C=O) groups excluding carboxylic acids is 1. The predicted octanol–water partition coefficient (Wildman–Crippen LogP) is 2.54. The maximum Gasteiger partial charge on any atom is 0.228 e. The normalized spacial score (nSPS) is 16.6. The quantitative estimate of drug-likeness (QED) is 0.892. The second-order valence-corrected chi connectivity index (χ2v) is 6.01. The summed E-state index contributed by atoms with van der Waals surface area (Å²) >= 11 is 1.52. The van der Waals surface area contributed by atoms with Gasteiger partial charge in [0.05, 0.1) is 17.8 Å². The molecule has 1 amide bonds. The highest BCUT2D eigenvalue weighted by Gasteiger charge is 2.27.